The Morgan fingerprint density at radius 3 is 2.64 bits per heavy atom. The second-order valence-electron chi connectivity index (χ2n) is 6.52. The van der Waals surface area contributed by atoms with E-state index in [-0.39, 0.29) is 5.91 Å². The highest BCUT2D eigenvalue weighted by atomic mass is 16.1. The van der Waals surface area contributed by atoms with Crippen molar-refractivity contribution < 1.29 is 4.79 Å². The lowest BCUT2D eigenvalue weighted by atomic mass is 10.1. The largest absolute Gasteiger partial charge is 0.369 e. The number of carbonyl (C=O) groups excluding carboxylic acids is 1. The molecule has 0 aliphatic carbocycles. The third-order valence-electron chi connectivity index (χ3n) is 5.01. The summed E-state index contributed by atoms with van der Waals surface area (Å²) in [6.07, 6.45) is 1.72. The van der Waals surface area contributed by atoms with Gasteiger partial charge in [-0.05, 0) is 49.7 Å². The molecule has 2 aromatic rings. The van der Waals surface area contributed by atoms with Gasteiger partial charge in [0.25, 0.3) is 5.91 Å². The smallest absolute Gasteiger partial charge is 0.274 e. The molecule has 1 fully saturated rings. The highest BCUT2D eigenvalue weighted by Crippen LogP contribution is 2.20. The number of benzene rings is 1. The molecule has 0 unspecified atom stereocenters. The number of aryl methyl sites for hydroxylation is 1. The lowest BCUT2D eigenvalue weighted by Crippen LogP contribution is -2.46. The zero-order chi connectivity index (χ0) is 17.8. The average molecular weight is 338 g/mol. The molecular weight excluding hydrogens is 312 g/mol. The number of likely N-dealkylation sites (N-methyl/N-ethyl adjacent to an activating group) is 1. The first-order chi connectivity index (χ1) is 12.1. The Morgan fingerprint density at radius 1 is 1.16 bits per heavy atom. The first kappa shape index (κ1) is 17.4. The van der Waals surface area contributed by atoms with Crippen LogP contribution in [-0.2, 0) is 0 Å². The molecule has 5 heteroatoms. The fourth-order valence-electron chi connectivity index (χ4n) is 3.14. The summed E-state index contributed by atoms with van der Waals surface area (Å²) in [4.78, 5) is 21.6. The zero-order valence-corrected chi connectivity index (χ0v) is 15.2. The molecule has 0 saturated carbocycles. The molecule has 1 amide bonds. The lowest BCUT2D eigenvalue weighted by Gasteiger charge is -2.35. The number of amides is 1. The Bertz CT molecular complexity index is 751. The van der Waals surface area contributed by atoms with Gasteiger partial charge in [0.15, 0.2) is 0 Å². The molecule has 1 aromatic heterocycles. The third-order valence-corrected chi connectivity index (χ3v) is 5.01. The van der Waals surface area contributed by atoms with E-state index in [1.165, 1.54) is 0 Å². The van der Waals surface area contributed by atoms with Crippen molar-refractivity contribution in [3.63, 3.8) is 0 Å². The summed E-state index contributed by atoms with van der Waals surface area (Å²) in [6, 6.07) is 9.79. The van der Waals surface area contributed by atoms with E-state index >= 15 is 0 Å². The Kier molecular flexibility index (Phi) is 5.34. The monoisotopic (exact) mass is 338 g/mol. The summed E-state index contributed by atoms with van der Waals surface area (Å²) < 4.78 is 0. The van der Waals surface area contributed by atoms with Gasteiger partial charge in [-0.2, -0.15) is 0 Å². The first-order valence-corrected chi connectivity index (χ1v) is 8.89. The van der Waals surface area contributed by atoms with Gasteiger partial charge >= 0.3 is 0 Å². The van der Waals surface area contributed by atoms with Crippen molar-refractivity contribution >= 4 is 17.3 Å². The van der Waals surface area contributed by atoms with Crippen molar-refractivity contribution in [1.29, 1.82) is 0 Å². The van der Waals surface area contributed by atoms with Crippen molar-refractivity contribution in [1.82, 2.24) is 9.88 Å². The Morgan fingerprint density at radius 2 is 1.92 bits per heavy atom. The molecule has 1 aliphatic heterocycles. The second kappa shape index (κ2) is 7.66. The number of piperazine rings is 1. The minimum atomic E-state index is -0.164. The normalized spacial score (nSPS) is 15.2. The maximum absolute atomic E-state index is 12.6. The summed E-state index contributed by atoms with van der Waals surface area (Å²) in [5.74, 6) is -0.164. The molecule has 2 heterocycles. The summed E-state index contributed by atoms with van der Waals surface area (Å²) >= 11 is 0. The van der Waals surface area contributed by atoms with E-state index in [2.05, 4.69) is 27.0 Å². The molecule has 0 atom stereocenters. The number of nitrogens with zero attached hydrogens (tertiary/aromatic N) is 3. The van der Waals surface area contributed by atoms with Crippen LogP contribution in [0.15, 0.2) is 36.5 Å². The average Bonchev–Trinajstić information content (AvgIpc) is 2.65. The van der Waals surface area contributed by atoms with E-state index in [4.69, 9.17) is 0 Å². The maximum atomic E-state index is 12.6. The molecule has 1 saturated heterocycles. The van der Waals surface area contributed by atoms with Gasteiger partial charge in [-0.3, -0.25) is 9.78 Å². The summed E-state index contributed by atoms with van der Waals surface area (Å²) in [6.45, 7) is 11.4. The third kappa shape index (κ3) is 3.99. The molecule has 0 radical (unpaired) electrons. The fourth-order valence-corrected chi connectivity index (χ4v) is 3.14. The SMILES string of the molecule is CCN1CCN(c2ccnc(C(=O)Nc3cccc(C)c3C)c2)CC1. The quantitative estimate of drug-likeness (QED) is 0.931. The molecule has 0 bridgehead atoms. The van der Waals surface area contributed by atoms with Gasteiger partial charge in [-0.1, -0.05) is 19.1 Å². The predicted octanol–water partition coefficient (Wildman–Crippen LogP) is 3.09. The molecule has 3 rings (SSSR count). The van der Waals surface area contributed by atoms with Crippen molar-refractivity contribution in [3.05, 3.63) is 53.3 Å². The number of pyridine rings is 1. The fraction of sp³-hybridized carbons (Fsp3) is 0.400. The van der Waals surface area contributed by atoms with E-state index in [0.29, 0.717) is 5.69 Å². The van der Waals surface area contributed by atoms with Crippen molar-refractivity contribution in [3.8, 4) is 0 Å². The van der Waals surface area contributed by atoms with Crippen LogP contribution in [0.3, 0.4) is 0 Å². The number of nitrogens with one attached hydrogen (secondary N) is 1. The van der Waals surface area contributed by atoms with Crippen LogP contribution in [0.5, 0.6) is 0 Å². The van der Waals surface area contributed by atoms with Gasteiger partial charge < -0.3 is 15.1 Å². The van der Waals surface area contributed by atoms with Crippen LogP contribution in [0.25, 0.3) is 0 Å². The highest BCUT2D eigenvalue weighted by Gasteiger charge is 2.17. The van der Waals surface area contributed by atoms with Crippen LogP contribution in [-0.4, -0.2) is 48.5 Å². The minimum Gasteiger partial charge on any atom is -0.369 e. The highest BCUT2D eigenvalue weighted by molar-refractivity contribution is 6.03. The second-order valence-corrected chi connectivity index (χ2v) is 6.52. The molecule has 25 heavy (non-hydrogen) atoms. The van der Waals surface area contributed by atoms with Crippen molar-refractivity contribution in [2.75, 3.05) is 42.9 Å². The van der Waals surface area contributed by atoms with Crippen LogP contribution >= 0.6 is 0 Å². The van der Waals surface area contributed by atoms with Crippen LogP contribution in [0.2, 0.25) is 0 Å². The van der Waals surface area contributed by atoms with Crippen LogP contribution < -0.4 is 10.2 Å². The van der Waals surface area contributed by atoms with Crippen molar-refractivity contribution in [2.24, 2.45) is 0 Å². The van der Waals surface area contributed by atoms with Gasteiger partial charge in [0, 0.05) is 43.8 Å². The summed E-state index contributed by atoms with van der Waals surface area (Å²) in [5, 5.41) is 2.99. The van der Waals surface area contributed by atoms with E-state index < -0.39 is 0 Å². The van der Waals surface area contributed by atoms with Crippen molar-refractivity contribution in [2.45, 2.75) is 20.8 Å². The molecule has 1 N–H and O–H groups in total. The van der Waals surface area contributed by atoms with E-state index in [9.17, 15) is 4.79 Å². The number of anilines is 2. The van der Waals surface area contributed by atoms with Crippen LogP contribution in [0, 0.1) is 13.8 Å². The molecule has 1 aromatic carbocycles. The van der Waals surface area contributed by atoms with Gasteiger partial charge in [0.2, 0.25) is 0 Å². The Balaban J connectivity index is 1.73. The van der Waals surface area contributed by atoms with Crippen LogP contribution in [0.1, 0.15) is 28.5 Å². The molecule has 5 nitrogen and oxygen atoms in total. The van der Waals surface area contributed by atoms with E-state index in [1.807, 2.05) is 44.2 Å². The topological polar surface area (TPSA) is 48.5 Å². The van der Waals surface area contributed by atoms with Gasteiger partial charge in [-0.25, -0.2) is 0 Å². The summed E-state index contributed by atoms with van der Waals surface area (Å²) in [7, 11) is 0. The number of hydrogen-bond donors (Lipinski definition) is 1. The number of rotatable bonds is 4. The standard InChI is InChI=1S/C20H26N4O/c1-4-23-10-12-24(13-11-23)17-8-9-21-19(14-17)20(25)22-18-7-5-6-15(2)16(18)3/h5-9,14H,4,10-13H2,1-3H3,(H,22,25). The lowest BCUT2D eigenvalue weighted by molar-refractivity contribution is 0.102. The van der Waals surface area contributed by atoms with Gasteiger partial charge in [0.05, 0.1) is 0 Å². The Hall–Kier alpha value is -2.40. The first-order valence-electron chi connectivity index (χ1n) is 8.89. The van der Waals surface area contributed by atoms with Gasteiger partial charge in [0.1, 0.15) is 5.69 Å². The van der Waals surface area contributed by atoms with E-state index in [1.54, 1.807) is 6.20 Å². The predicted molar refractivity (Wildman–Crippen MR) is 102 cm³/mol. The van der Waals surface area contributed by atoms with E-state index in [0.717, 1.165) is 55.2 Å². The molecular formula is C20H26N4O. The zero-order valence-electron chi connectivity index (χ0n) is 15.2. The minimum absolute atomic E-state index is 0.164. The summed E-state index contributed by atoms with van der Waals surface area (Å²) in [5.41, 5.74) is 4.61. The number of hydrogen-bond acceptors (Lipinski definition) is 4. The molecule has 1 aliphatic rings. The number of aromatic nitrogens is 1. The number of carbonyl (C=O) groups is 1. The molecule has 0 spiro atoms. The Labute approximate surface area is 149 Å². The van der Waals surface area contributed by atoms with Crippen LogP contribution in [0.4, 0.5) is 11.4 Å². The van der Waals surface area contributed by atoms with Gasteiger partial charge in [-0.15, -0.1) is 0 Å². The molecule has 132 valence electrons. The maximum Gasteiger partial charge on any atom is 0.274 e.